The van der Waals surface area contributed by atoms with E-state index in [2.05, 4.69) is 34.3 Å². The topological polar surface area (TPSA) is 79.6 Å². The van der Waals surface area contributed by atoms with Crippen molar-refractivity contribution in [3.63, 3.8) is 0 Å². The first-order chi connectivity index (χ1) is 7.08. The second kappa shape index (κ2) is 3.72. The molecular weight excluding hydrogens is 190 g/mol. The maximum atomic E-state index is 5.48. The molecule has 4 N–H and O–H groups in total. The van der Waals surface area contributed by atoms with Gasteiger partial charge in [-0.05, 0) is 18.3 Å². The van der Waals surface area contributed by atoms with Crippen molar-refractivity contribution in [1.29, 1.82) is 0 Å². The van der Waals surface area contributed by atoms with Gasteiger partial charge in [-0.3, -0.25) is 0 Å². The standard InChI is InChI=1S/C10H19N5/c1-10(2)6-4-3-5-7(10)12-9-13-8(11)14-15-9/h7H,3-6H2,1-2H3,(H4,11,12,13,14,15). The van der Waals surface area contributed by atoms with Crippen molar-refractivity contribution in [2.45, 2.75) is 45.6 Å². The molecule has 0 amide bonds. The Kier molecular flexibility index (Phi) is 2.54. The van der Waals surface area contributed by atoms with E-state index in [0.29, 0.717) is 23.4 Å². The minimum atomic E-state index is 0.313. The van der Waals surface area contributed by atoms with Crippen molar-refractivity contribution >= 4 is 11.9 Å². The molecule has 5 heteroatoms. The van der Waals surface area contributed by atoms with Crippen LogP contribution in [0.4, 0.5) is 11.9 Å². The van der Waals surface area contributed by atoms with Crippen LogP contribution in [0, 0.1) is 5.41 Å². The van der Waals surface area contributed by atoms with Crippen LogP contribution in [0.5, 0.6) is 0 Å². The van der Waals surface area contributed by atoms with Gasteiger partial charge in [-0.25, -0.2) is 5.10 Å². The monoisotopic (exact) mass is 209 g/mol. The van der Waals surface area contributed by atoms with E-state index in [1.165, 1.54) is 25.7 Å². The van der Waals surface area contributed by atoms with Crippen LogP contribution in [0.1, 0.15) is 39.5 Å². The van der Waals surface area contributed by atoms with Gasteiger partial charge in [0.25, 0.3) is 0 Å². The Labute approximate surface area is 89.9 Å². The van der Waals surface area contributed by atoms with E-state index in [0.717, 1.165) is 0 Å². The van der Waals surface area contributed by atoms with E-state index in [1.807, 2.05) is 0 Å². The Morgan fingerprint density at radius 1 is 1.47 bits per heavy atom. The zero-order valence-electron chi connectivity index (χ0n) is 9.38. The summed E-state index contributed by atoms with van der Waals surface area (Å²) >= 11 is 0. The van der Waals surface area contributed by atoms with E-state index in [9.17, 15) is 0 Å². The van der Waals surface area contributed by atoms with Crippen LogP contribution in [-0.4, -0.2) is 21.2 Å². The molecule has 5 nitrogen and oxygen atoms in total. The molecule has 0 spiro atoms. The third kappa shape index (κ3) is 2.22. The highest BCUT2D eigenvalue weighted by molar-refractivity contribution is 5.31. The molecular formula is C10H19N5. The van der Waals surface area contributed by atoms with Gasteiger partial charge in [-0.15, -0.1) is 5.10 Å². The summed E-state index contributed by atoms with van der Waals surface area (Å²) in [6.07, 6.45) is 5.04. The van der Waals surface area contributed by atoms with Gasteiger partial charge in [-0.1, -0.05) is 26.7 Å². The molecule has 1 aromatic heterocycles. The minimum absolute atomic E-state index is 0.313. The number of hydrogen-bond acceptors (Lipinski definition) is 4. The van der Waals surface area contributed by atoms with Crippen LogP contribution in [0.3, 0.4) is 0 Å². The third-order valence-corrected chi connectivity index (χ3v) is 3.31. The third-order valence-electron chi connectivity index (χ3n) is 3.31. The van der Waals surface area contributed by atoms with Gasteiger partial charge >= 0.3 is 0 Å². The number of nitrogens with two attached hydrogens (primary N) is 1. The smallest absolute Gasteiger partial charge is 0.243 e. The maximum Gasteiger partial charge on any atom is 0.243 e. The SMILES string of the molecule is CC1(C)CCCCC1Nc1n[nH]c(N)n1. The molecule has 15 heavy (non-hydrogen) atoms. The molecule has 1 atom stereocenters. The second-order valence-corrected chi connectivity index (χ2v) is 4.98. The lowest BCUT2D eigenvalue weighted by Gasteiger charge is -2.38. The molecule has 0 saturated heterocycles. The van der Waals surface area contributed by atoms with E-state index in [-0.39, 0.29) is 0 Å². The van der Waals surface area contributed by atoms with Crippen molar-refractivity contribution < 1.29 is 0 Å². The largest absolute Gasteiger partial charge is 0.368 e. The molecule has 1 aliphatic carbocycles. The van der Waals surface area contributed by atoms with Crippen molar-refractivity contribution in [1.82, 2.24) is 15.2 Å². The van der Waals surface area contributed by atoms with Crippen LogP contribution in [0.15, 0.2) is 0 Å². The van der Waals surface area contributed by atoms with Gasteiger partial charge in [-0.2, -0.15) is 4.98 Å². The van der Waals surface area contributed by atoms with Crippen LogP contribution >= 0.6 is 0 Å². The van der Waals surface area contributed by atoms with Gasteiger partial charge in [0.2, 0.25) is 11.9 Å². The number of hydrogen-bond donors (Lipinski definition) is 3. The maximum absolute atomic E-state index is 5.48. The quantitative estimate of drug-likeness (QED) is 0.693. The molecule has 1 aromatic rings. The molecule has 0 aliphatic heterocycles. The Balaban J connectivity index is 2.04. The highest BCUT2D eigenvalue weighted by Crippen LogP contribution is 2.36. The number of nitrogen functional groups attached to an aromatic ring is 1. The van der Waals surface area contributed by atoms with Crippen LogP contribution in [0.2, 0.25) is 0 Å². The first-order valence-electron chi connectivity index (χ1n) is 5.52. The molecule has 0 bridgehead atoms. The number of aromatic nitrogens is 3. The summed E-state index contributed by atoms with van der Waals surface area (Å²) in [5.41, 5.74) is 5.80. The van der Waals surface area contributed by atoms with Crippen LogP contribution < -0.4 is 11.1 Å². The van der Waals surface area contributed by atoms with E-state index in [1.54, 1.807) is 0 Å². The molecule has 1 saturated carbocycles. The van der Waals surface area contributed by atoms with Crippen molar-refractivity contribution in [2.75, 3.05) is 11.1 Å². The summed E-state index contributed by atoms with van der Waals surface area (Å²) in [7, 11) is 0. The lowest BCUT2D eigenvalue weighted by Crippen LogP contribution is -2.39. The van der Waals surface area contributed by atoms with Gasteiger partial charge in [0, 0.05) is 6.04 Å². The van der Waals surface area contributed by atoms with E-state index in [4.69, 9.17) is 5.73 Å². The Bertz CT molecular complexity index is 330. The van der Waals surface area contributed by atoms with Gasteiger partial charge in [0.15, 0.2) is 0 Å². The van der Waals surface area contributed by atoms with Gasteiger partial charge in [0.05, 0.1) is 0 Å². The first kappa shape index (κ1) is 10.3. The number of anilines is 2. The summed E-state index contributed by atoms with van der Waals surface area (Å²) in [4.78, 5) is 4.07. The number of nitrogens with zero attached hydrogens (tertiary/aromatic N) is 2. The first-order valence-corrected chi connectivity index (χ1v) is 5.52. The Morgan fingerprint density at radius 3 is 2.87 bits per heavy atom. The number of nitrogens with one attached hydrogen (secondary N) is 2. The summed E-state index contributed by atoms with van der Waals surface area (Å²) < 4.78 is 0. The summed E-state index contributed by atoms with van der Waals surface area (Å²) in [5.74, 6) is 0.985. The summed E-state index contributed by atoms with van der Waals surface area (Å²) in [5, 5.41) is 10.0. The molecule has 1 aliphatic rings. The summed E-state index contributed by atoms with van der Waals surface area (Å²) in [6.45, 7) is 4.58. The van der Waals surface area contributed by atoms with Crippen LogP contribution in [-0.2, 0) is 0 Å². The normalized spacial score (nSPS) is 25.1. The molecule has 84 valence electrons. The predicted octanol–water partition coefficient (Wildman–Crippen LogP) is 1.77. The Hall–Kier alpha value is -1.26. The van der Waals surface area contributed by atoms with E-state index >= 15 is 0 Å². The molecule has 0 radical (unpaired) electrons. The average Bonchev–Trinajstić information content (AvgIpc) is 2.55. The van der Waals surface area contributed by atoms with E-state index < -0.39 is 0 Å². The molecule has 1 fully saturated rings. The highest BCUT2D eigenvalue weighted by Gasteiger charge is 2.32. The molecule has 1 heterocycles. The fraction of sp³-hybridized carbons (Fsp3) is 0.800. The molecule has 1 unspecified atom stereocenters. The lowest BCUT2D eigenvalue weighted by atomic mass is 9.73. The number of rotatable bonds is 2. The van der Waals surface area contributed by atoms with Crippen molar-refractivity contribution in [2.24, 2.45) is 5.41 Å². The fourth-order valence-electron chi connectivity index (χ4n) is 2.26. The van der Waals surface area contributed by atoms with Gasteiger partial charge < -0.3 is 11.1 Å². The Morgan fingerprint density at radius 2 is 2.27 bits per heavy atom. The zero-order chi connectivity index (χ0) is 10.9. The van der Waals surface area contributed by atoms with Crippen molar-refractivity contribution in [3.8, 4) is 0 Å². The molecule has 2 rings (SSSR count). The highest BCUT2D eigenvalue weighted by atomic mass is 15.3. The average molecular weight is 209 g/mol. The number of aromatic amines is 1. The number of H-pyrrole nitrogens is 1. The predicted molar refractivity (Wildman–Crippen MR) is 60.5 cm³/mol. The van der Waals surface area contributed by atoms with Crippen molar-refractivity contribution in [3.05, 3.63) is 0 Å². The molecule has 0 aromatic carbocycles. The fourth-order valence-corrected chi connectivity index (χ4v) is 2.26. The van der Waals surface area contributed by atoms with Crippen LogP contribution in [0.25, 0.3) is 0 Å². The lowest BCUT2D eigenvalue weighted by molar-refractivity contribution is 0.216. The second-order valence-electron chi connectivity index (χ2n) is 4.98. The van der Waals surface area contributed by atoms with Gasteiger partial charge in [0.1, 0.15) is 0 Å². The zero-order valence-corrected chi connectivity index (χ0v) is 9.38. The minimum Gasteiger partial charge on any atom is -0.368 e. The summed E-state index contributed by atoms with van der Waals surface area (Å²) in [6, 6.07) is 0.446.